The lowest BCUT2D eigenvalue weighted by atomic mass is 9.94. The van der Waals surface area contributed by atoms with E-state index in [0.717, 1.165) is 19.1 Å². The zero-order valence-electron chi connectivity index (χ0n) is 9.13. The lowest BCUT2D eigenvalue weighted by Gasteiger charge is -2.31. The first kappa shape index (κ1) is 10.4. The van der Waals surface area contributed by atoms with Gasteiger partial charge in [-0.3, -0.25) is 0 Å². The van der Waals surface area contributed by atoms with Crippen LogP contribution in [0, 0.1) is 5.92 Å². The molecule has 0 aliphatic heterocycles. The van der Waals surface area contributed by atoms with Gasteiger partial charge in [-0.25, -0.2) is 0 Å². The molecule has 0 heterocycles. The number of hydrogen-bond acceptors (Lipinski definition) is 2. The minimum absolute atomic E-state index is 0.0547. The van der Waals surface area contributed by atoms with E-state index in [1.807, 2.05) is 0 Å². The van der Waals surface area contributed by atoms with Crippen molar-refractivity contribution in [3.05, 3.63) is 0 Å². The Bertz CT molecular complexity index is 169. The van der Waals surface area contributed by atoms with Gasteiger partial charge < -0.3 is 10.5 Å². The van der Waals surface area contributed by atoms with E-state index in [1.54, 1.807) is 0 Å². The van der Waals surface area contributed by atoms with Gasteiger partial charge in [-0.15, -0.1) is 0 Å². The summed E-state index contributed by atoms with van der Waals surface area (Å²) in [5.41, 5.74) is 5.94. The molecule has 2 heteroatoms. The monoisotopic (exact) mass is 197 g/mol. The van der Waals surface area contributed by atoms with Crippen molar-refractivity contribution in [1.82, 2.24) is 0 Å². The molecule has 0 aromatic heterocycles. The van der Waals surface area contributed by atoms with Crippen molar-refractivity contribution in [3.8, 4) is 0 Å². The summed E-state index contributed by atoms with van der Waals surface area (Å²) in [6.45, 7) is 1.69. The Morgan fingerprint density at radius 2 is 1.71 bits per heavy atom. The maximum Gasteiger partial charge on any atom is 0.0804 e. The molecular weight excluding hydrogens is 174 g/mol. The topological polar surface area (TPSA) is 35.2 Å². The lowest BCUT2D eigenvalue weighted by molar-refractivity contribution is -0.0541. The fourth-order valence-corrected chi connectivity index (χ4v) is 2.36. The SMILES string of the molecule is NCC1(OCC2CC2)CCCCCC1. The van der Waals surface area contributed by atoms with Crippen LogP contribution in [-0.2, 0) is 4.74 Å². The van der Waals surface area contributed by atoms with Crippen LogP contribution in [0.2, 0.25) is 0 Å². The standard InChI is InChI=1S/C12H23NO/c13-10-12(14-9-11-5-6-11)7-3-1-2-4-8-12/h11H,1-10,13H2. The Morgan fingerprint density at radius 3 is 2.21 bits per heavy atom. The van der Waals surface area contributed by atoms with Crippen LogP contribution in [0.5, 0.6) is 0 Å². The molecule has 14 heavy (non-hydrogen) atoms. The minimum Gasteiger partial charge on any atom is -0.373 e. The molecule has 0 aromatic rings. The van der Waals surface area contributed by atoms with Gasteiger partial charge in [0.1, 0.15) is 0 Å². The Labute approximate surface area is 87.2 Å². The molecule has 0 radical (unpaired) electrons. The van der Waals surface area contributed by atoms with Crippen molar-refractivity contribution in [2.75, 3.05) is 13.2 Å². The Morgan fingerprint density at radius 1 is 1.07 bits per heavy atom. The molecule has 0 bridgehead atoms. The molecule has 2 aliphatic carbocycles. The summed E-state index contributed by atoms with van der Waals surface area (Å²) in [4.78, 5) is 0. The molecule has 2 aliphatic rings. The lowest BCUT2D eigenvalue weighted by Crippen LogP contribution is -2.40. The van der Waals surface area contributed by atoms with Gasteiger partial charge in [0.25, 0.3) is 0 Å². The van der Waals surface area contributed by atoms with Gasteiger partial charge >= 0.3 is 0 Å². The molecule has 2 fully saturated rings. The van der Waals surface area contributed by atoms with E-state index < -0.39 is 0 Å². The quantitative estimate of drug-likeness (QED) is 0.703. The molecule has 2 nitrogen and oxygen atoms in total. The molecule has 2 saturated carbocycles. The number of rotatable bonds is 4. The van der Waals surface area contributed by atoms with Gasteiger partial charge in [0.05, 0.1) is 12.2 Å². The highest BCUT2D eigenvalue weighted by Crippen LogP contribution is 2.34. The van der Waals surface area contributed by atoms with E-state index in [1.165, 1.54) is 51.4 Å². The second-order valence-corrected chi connectivity index (χ2v) is 5.06. The van der Waals surface area contributed by atoms with E-state index in [4.69, 9.17) is 10.5 Å². The molecule has 2 N–H and O–H groups in total. The third kappa shape index (κ3) is 2.71. The highest BCUT2D eigenvalue weighted by Gasteiger charge is 2.33. The average Bonchev–Trinajstić information content (AvgIpc) is 3.03. The van der Waals surface area contributed by atoms with E-state index >= 15 is 0 Å². The van der Waals surface area contributed by atoms with E-state index in [9.17, 15) is 0 Å². The number of hydrogen-bond donors (Lipinski definition) is 1. The van der Waals surface area contributed by atoms with Crippen LogP contribution < -0.4 is 5.73 Å². The van der Waals surface area contributed by atoms with Gasteiger partial charge in [0.2, 0.25) is 0 Å². The molecular formula is C12H23NO. The number of ether oxygens (including phenoxy) is 1. The Balaban J connectivity index is 1.84. The fourth-order valence-electron chi connectivity index (χ4n) is 2.36. The third-order valence-electron chi connectivity index (χ3n) is 3.71. The van der Waals surface area contributed by atoms with Gasteiger partial charge in [-0.2, -0.15) is 0 Å². The van der Waals surface area contributed by atoms with E-state index in [-0.39, 0.29) is 5.60 Å². The van der Waals surface area contributed by atoms with Crippen molar-refractivity contribution in [2.24, 2.45) is 11.7 Å². The van der Waals surface area contributed by atoms with Gasteiger partial charge in [-0.05, 0) is 31.6 Å². The second-order valence-electron chi connectivity index (χ2n) is 5.06. The Kier molecular flexibility index (Phi) is 3.45. The minimum atomic E-state index is 0.0547. The Hall–Kier alpha value is -0.0800. The van der Waals surface area contributed by atoms with Crippen LogP contribution >= 0.6 is 0 Å². The van der Waals surface area contributed by atoms with Crippen molar-refractivity contribution < 1.29 is 4.74 Å². The highest BCUT2D eigenvalue weighted by atomic mass is 16.5. The summed E-state index contributed by atoms with van der Waals surface area (Å²) >= 11 is 0. The van der Waals surface area contributed by atoms with E-state index in [0.29, 0.717) is 0 Å². The predicted molar refractivity (Wildman–Crippen MR) is 58.2 cm³/mol. The first-order valence-corrected chi connectivity index (χ1v) is 6.19. The smallest absolute Gasteiger partial charge is 0.0804 e. The summed E-state index contributed by atoms with van der Waals surface area (Å²) in [5, 5.41) is 0. The maximum atomic E-state index is 6.10. The summed E-state index contributed by atoms with van der Waals surface area (Å²) in [6.07, 6.45) is 10.5. The first-order chi connectivity index (χ1) is 6.85. The largest absolute Gasteiger partial charge is 0.373 e. The summed E-state index contributed by atoms with van der Waals surface area (Å²) in [5.74, 6) is 0.863. The molecule has 0 aromatic carbocycles. The van der Waals surface area contributed by atoms with Crippen molar-refractivity contribution in [1.29, 1.82) is 0 Å². The number of nitrogens with two attached hydrogens (primary N) is 1. The van der Waals surface area contributed by atoms with Crippen LogP contribution in [0.3, 0.4) is 0 Å². The molecule has 0 spiro atoms. The zero-order chi connectivity index (χ0) is 9.86. The zero-order valence-corrected chi connectivity index (χ0v) is 9.13. The van der Waals surface area contributed by atoms with Gasteiger partial charge in [0, 0.05) is 6.54 Å². The van der Waals surface area contributed by atoms with Crippen LogP contribution in [0.1, 0.15) is 51.4 Å². The molecule has 0 atom stereocenters. The third-order valence-corrected chi connectivity index (χ3v) is 3.71. The molecule has 0 amide bonds. The summed E-state index contributed by atoms with van der Waals surface area (Å²) in [7, 11) is 0. The molecule has 82 valence electrons. The average molecular weight is 197 g/mol. The van der Waals surface area contributed by atoms with Crippen molar-refractivity contribution in [2.45, 2.75) is 57.0 Å². The normalized spacial score (nSPS) is 27.2. The van der Waals surface area contributed by atoms with Crippen LogP contribution in [0.15, 0.2) is 0 Å². The maximum absolute atomic E-state index is 6.10. The highest BCUT2D eigenvalue weighted by molar-refractivity contribution is 4.85. The van der Waals surface area contributed by atoms with Crippen LogP contribution in [-0.4, -0.2) is 18.8 Å². The summed E-state index contributed by atoms with van der Waals surface area (Å²) < 4.78 is 6.10. The molecule has 0 saturated heterocycles. The van der Waals surface area contributed by atoms with Gasteiger partial charge in [0.15, 0.2) is 0 Å². The second kappa shape index (κ2) is 4.63. The van der Waals surface area contributed by atoms with Gasteiger partial charge in [-0.1, -0.05) is 25.7 Å². The van der Waals surface area contributed by atoms with Crippen molar-refractivity contribution >= 4 is 0 Å². The van der Waals surface area contributed by atoms with Crippen molar-refractivity contribution in [3.63, 3.8) is 0 Å². The molecule has 0 unspecified atom stereocenters. The first-order valence-electron chi connectivity index (χ1n) is 6.19. The predicted octanol–water partition coefficient (Wildman–Crippen LogP) is 2.46. The van der Waals surface area contributed by atoms with E-state index in [2.05, 4.69) is 0 Å². The molecule has 2 rings (SSSR count). The fraction of sp³-hybridized carbons (Fsp3) is 1.00. The summed E-state index contributed by atoms with van der Waals surface area (Å²) in [6, 6.07) is 0. The van der Waals surface area contributed by atoms with Crippen LogP contribution in [0.25, 0.3) is 0 Å². The van der Waals surface area contributed by atoms with Crippen LogP contribution in [0.4, 0.5) is 0 Å².